The van der Waals surface area contributed by atoms with Crippen molar-refractivity contribution in [1.82, 2.24) is 0 Å². The van der Waals surface area contributed by atoms with Crippen LogP contribution in [0.25, 0.3) is 0 Å². The smallest absolute Gasteiger partial charge is 0.154 e. The highest BCUT2D eigenvalue weighted by Crippen LogP contribution is 2.51. The zero-order valence-electron chi connectivity index (χ0n) is 9.34. The summed E-state index contributed by atoms with van der Waals surface area (Å²) >= 11 is 5.77. The van der Waals surface area contributed by atoms with Gasteiger partial charge in [-0.3, -0.25) is 0 Å². The van der Waals surface area contributed by atoms with Gasteiger partial charge in [-0.15, -0.1) is 0 Å². The van der Waals surface area contributed by atoms with Crippen LogP contribution < -0.4 is 0 Å². The van der Waals surface area contributed by atoms with Crippen LogP contribution in [0.3, 0.4) is 0 Å². The maximum absolute atomic E-state index is 11.8. The molecule has 0 aliphatic heterocycles. The largest absolute Gasteiger partial charge is 0.303 e. The van der Waals surface area contributed by atoms with E-state index in [-0.39, 0.29) is 11.7 Å². The molecule has 0 aromatic heterocycles. The second-order valence-electron chi connectivity index (χ2n) is 4.21. The summed E-state index contributed by atoms with van der Waals surface area (Å²) in [4.78, 5) is 10.9. The first kappa shape index (κ1) is 12.6. The molecule has 0 bridgehead atoms. The lowest BCUT2D eigenvalue weighted by atomic mass is 10.1. The van der Waals surface area contributed by atoms with E-state index in [1.807, 2.05) is 0 Å². The quantitative estimate of drug-likeness (QED) is 0.789. The highest BCUT2D eigenvalue weighted by atomic mass is 35.5. The van der Waals surface area contributed by atoms with Gasteiger partial charge in [-0.2, -0.15) is 0 Å². The SMILES string of the molecule is CCS(=O)(=O)[C@@H]1[C@@H](C=O)[C@H]1c1ccc(Cl)cc1. The number of hydrogen-bond donors (Lipinski definition) is 0. The Balaban J connectivity index is 2.29. The molecule has 3 atom stereocenters. The Kier molecular flexibility index (Phi) is 3.27. The van der Waals surface area contributed by atoms with E-state index in [2.05, 4.69) is 0 Å². The summed E-state index contributed by atoms with van der Waals surface area (Å²) in [5.74, 6) is -0.526. The van der Waals surface area contributed by atoms with Gasteiger partial charge < -0.3 is 4.79 Å². The number of rotatable bonds is 4. The minimum Gasteiger partial charge on any atom is -0.303 e. The predicted molar refractivity (Wildman–Crippen MR) is 67.0 cm³/mol. The summed E-state index contributed by atoms with van der Waals surface area (Å²) in [6.45, 7) is 1.61. The number of halogens is 1. The molecule has 3 nitrogen and oxygen atoms in total. The molecule has 0 radical (unpaired) electrons. The second kappa shape index (κ2) is 4.42. The molecule has 0 N–H and O–H groups in total. The van der Waals surface area contributed by atoms with Gasteiger partial charge in [0.05, 0.1) is 5.25 Å². The molecule has 0 heterocycles. The normalized spacial score (nSPS) is 27.8. The van der Waals surface area contributed by atoms with E-state index in [9.17, 15) is 13.2 Å². The van der Waals surface area contributed by atoms with Gasteiger partial charge in [0.1, 0.15) is 6.29 Å². The Morgan fingerprint density at radius 3 is 2.35 bits per heavy atom. The number of benzene rings is 1. The summed E-state index contributed by atoms with van der Waals surface area (Å²) < 4.78 is 23.6. The van der Waals surface area contributed by atoms with Crippen LogP contribution in [-0.2, 0) is 14.6 Å². The lowest BCUT2D eigenvalue weighted by Gasteiger charge is -2.00. The van der Waals surface area contributed by atoms with E-state index in [0.717, 1.165) is 11.8 Å². The monoisotopic (exact) mass is 272 g/mol. The van der Waals surface area contributed by atoms with Gasteiger partial charge in [0.15, 0.2) is 9.84 Å². The van der Waals surface area contributed by atoms with Crippen LogP contribution in [0.15, 0.2) is 24.3 Å². The molecule has 0 saturated heterocycles. The molecule has 2 rings (SSSR count). The summed E-state index contributed by atoms with van der Waals surface area (Å²) in [5.41, 5.74) is 0.869. The molecular weight excluding hydrogens is 260 g/mol. The van der Waals surface area contributed by atoms with Gasteiger partial charge in [-0.05, 0) is 17.7 Å². The second-order valence-corrected chi connectivity index (χ2v) is 7.09. The van der Waals surface area contributed by atoms with Gasteiger partial charge in [0.2, 0.25) is 0 Å². The fourth-order valence-electron chi connectivity index (χ4n) is 2.22. The maximum Gasteiger partial charge on any atom is 0.154 e. The first-order valence-corrected chi connectivity index (χ1v) is 7.53. The van der Waals surface area contributed by atoms with Gasteiger partial charge in [0, 0.05) is 22.6 Å². The molecule has 1 fully saturated rings. The average molecular weight is 273 g/mol. The molecule has 1 aromatic rings. The molecule has 1 aliphatic carbocycles. The van der Waals surface area contributed by atoms with E-state index < -0.39 is 21.0 Å². The first-order valence-electron chi connectivity index (χ1n) is 5.43. The molecule has 0 unspecified atom stereocenters. The molecule has 1 aliphatic rings. The van der Waals surface area contributed by atoms with Crippen molar-refractivity contribution < 1.29 is 13.2 Å². The number of hydrogen-bond acceptors (Lipinski definition) is 3. The van der Waals surface area contributed by atoms with Gasteiger partial charge >= 0.3 is 0 Å². The van der Waals surface area contributed by atoms with Crippen molar-refractivity contribution in [3.8, 4) is 0 Å². The zero-order chi connectivity index (χ0) is 12.6. The molecule has 5 heteroatoms. The van der Waals surface area contributed by atoms with Crippen molar-refractivity contribution in [2.24, 2.45) is 5.92 Å². The van der Waals surface area contributed by atoms with E-state index in [0.29, 0.717) is 5.02 Å². The van der Waals surface area contributed by atoms with E-state index in [4.69, 9.17) is 11.6 Å². The van der Waals surface area contributed by atoms with Crippen LogP contribution in [0.5, 0.6) is 0 Å². The third-order valence-electron chi connectivity index (χ3n) is 3.24. The Bertz CT molecular complexity index is 521. The van der Waals surface area contributed by atoms with Crippen molar-refractivity contribution in [2.75, 3.05) is 5.75 Å². The lowest BCUT2D eigenvalue weighted by Crippen LogP contribution is -2.12. The number of carbonyl (C=O) groups excluding carboxylic acids is 1. The van der Waals surface area contributed by atoms with Crippen LogP contribution in [0.1, 0.15) is 18.4 Å². The van der Waals surface area contributed by atoms with E-state index >= 15 is 0 Å². The summed E-state index contributed by atoms with van der Waals surface area (Å²) in [7, 11) is -3.16. The van der Waals surface area contributed by atoms with Gasteiger partial charge in [-0.1, -0.05) is 30.7 Å². The third-order valence-corrected chi connectivity index (χ3v) is 5.73. The summed E-state index contributed by atoms with van der Waals surface area (Å²) in [6.07, 6.45) is 0.747. The highest BCUT2D eigenvalue weighted by Gasteiger charge is 2.57. The van der Waals surface area contributed by atoms with Crippen LogP contribution in [0.4, 0.5) is 0 Å². The van der Waals surface area contributed by atoms with Crippen molar-refractivity contribution in [2.45, 2.75) is 18.1 Å². The van der Waals surface area contributed by atoms with Gasteiger partial charge in [-0.25, -0.2) is 8.42 Å². The molecule has 0 amide bonds. The minimum absolute atomic E-state index is 0.0755. The lowest BCUT2D eigenvalue weighted by molar-refractivity contribution is -0.108. The van der Waals surface area contributed by atoms with E-state index in [1.165, 1.54) is 0 Å². The zero-order valence-corrected chi connectivity index (χ0v) is 10.9. The fraction of sp³-hybridized carbons (Fsp3) is 0.417. The van der Waals surface area contributed by atoms with E-state index in [1.54, 1.807) is 31.2 Å². The molecule has 1 saturated carbocycles. The highest BCUT2D eigenvalue weighted by molar-refractivity contribution is 7.92. The number of carbonyl (C=O) groups is 1. The Labute approximate surface area is 106 Å². The molecule has 1 aromatic carbocycles. The minimum atomic E-state index is -3.16. The topological polar surface area (TPSA) is 51.2 Å². The average Bonchev–Trinajstić information content (AvgIpc) is 3.05. The van der Waals surface area contributed by atoms with Crippen molar-refractivity contribution in [3.63, 3.8) is 0 Å². The molecule has 0 spiro atoms. The Morgan fingerprint density at radius 1 is 1.29 bits per heavy atom. The van der Waals surface area contributed by atoms with Crippen LogP contribution in [0, 0.1) is 5.92 Å². The van der Waals surface area contributed by atoms with Crippen LogP contribution in [-0.4, -0.2) is 25.7 Å². The Hall–Kier alpha value is -0.870. The molecular formula is C12H13ClO3S. The standard InChI is InChI=1S/C12H13ClO3S/c1-2-17(15,16)12-10(7-14)11(12)8-3-5-9(13)6-4-8/h3-7,10-12H,2H2,1H3/t10-,11+,12+/m0/s1. The Morgan fingerprint density at radius 2 is 1.88 bits per heavy atom. The van der Waals surface area contributed by atoms with Gasteiger partial charge in [0.25, 0.3) is 0 Å². The van der Waals surface area contributed by atoms with Crippen LogP contribution in [0.2, 0.25) is 5.02 Å². The molecule has 92 valence electrons. The van der Waals surface area contributed by atoms with Crippen molar-refractivity contribution in [1.29, 1.82) is 0 Å². The first-order chi connectivity index (χ1) is 8.01. The number of aldehydes is 1. The number of sulfone groups is 1. The fourth-order valence-corrected chi connectivity index (χ4v) is 4.14. The summed E-state index contributed by atoms with van der Waals surface area (Å²) in [5, 5.41) is 0.0538. The summed E-state index contributed by atoms with van der Waals surface area (Å²) in [6, 6.07) is 7.00. The van der Waals surface area contributed by atoms with Crippen molar-refractivity contribution in [3.05, 3.63) is 34.9 Å². The van der Waals surface area contributed by atoms with Crippen LogP contribution >= 0.6 is 11.6 Å². The maximum atomic E-state index is 11.8. The predicted octanol–water partition coefficient (Wildman–Crippen LogP) is 2.06. The third kappa shape index (κ3) is 2.24. The molecule has 17 heavy (non-hydrogen) atoms. The van der Waals surface area contributed by atoms with Crippen molar-refractivity contribution >= 4 is 27.7 Å².